The number of rotatable bonds is 1. The van der Waals surface area contributed by atoms with Gasteiger partial charge in [-0.15, -0.1) is 0 Å². The highest BCUT2D eigenvalue weighted by molar-refractivity contribution is 5.99. The fourth-order valence-corrected chi connectivity index (χ4v) is 3.26. The summed E-state index contributed by atoms with van der Waals surface area (Å²) in [6.45, 7) is 1.28. The maximum absolute atomic E-state index is 11.9. The van der Waals surface area contributed by atoms with Gasteiger partial charge in [0.25, 0.3) is 0 Å². The van der Waals surface area contributed by atoms with E-state index >= 15 is 0 Å². The van der Waals surface area contributed by atoms with E-state index in [2.05, 4.69) is 5.32 Å². The number of carbonyl (C=O) groups excluding carboxylic acids is 3. The van der Waals surface area contributed by atoms with E-state index in [4.69, 9.17) is 4.74 Å². The highest BCUT2D eigenvalue weighted by atomic mass is 16.5. The molecule has 7 heteroatoms. The monoisotopic (exact) mass is 289 g/mol. The molecule has 2 bridgehead atoms. The molecule has 2 rings (SSSR count). The molecule has 21 heavy (non-hydrogen) atoms. The summed E-state index contributed by atoms with van der Waals surface area (Å²) in [7, 11) is 0. The van der Waals surface area contributed by atoms with Crippen molar-refractivity contribution < 1.29 is 19.1 Å². The number of ether oxygens (including phenoxy) is 1. The van der Waals surface area contributed by atoms with Crippen LogP contribution in [0.4, 0.5) is 0 Å². The molecule has 1 aliphatic carbocycles. The number of imide groups is 1. The lowest BCUT2D eigenvalue weighted by Crippen LogP contribution is -2.49. The molecule has 7 nitrogen and oxygen atoms in total. The third kappa shape index (κ3) is 3.03. The second-order valence-corrected chi connectivity index (χ2v) is 5.53. The molecule has 2 fully saturated rings. The van der Waals surface area contributed by atoms with Crippen molar-refractivity contribution in [3.8, 4) is 12.1 Å². The molecule has 1 saturated heterocycles. The van der Waals surface area contributed by atoms with Gasteiger partial charge in [0, 0.05) is 6.92 Å². The van der Waals surface area contributed by atoms with Crippen LogP contribution in [0.1, 0.15) is 26.2 Å². The molecule has 1 N–H and O–H groups in total. The van der Waals surface area contributed by atoms with Crippen LogP contribution in [-0.2, 0) is 19.1 Å². The maximum Gasteiger partial charge on any atom is 0.302 e. The number of carbonyl (C=O) groups is 3. The average molecular weight is 289 g/mol. The van der Waals surface area contributed by atoms with Gasteiger partial charge in [0.2, 0.25) is 11.8 Å². The van der Waals surface area contributed by atoms with E-state index < -0.39 is 35.7 Å². The van der Waals surface area contributed by atoms with Crippen LogP contribution in [0.25, 0.3) is 0 Å². The van der Waals surface area contributed by atoms with Gasteiger partial charge in [-0.05, 0) is 31.1 Å². The summed E-state index contributed by atoms with van der Waals surface area (Å²) < 4.78 is 5.18. The number of fused-ring (bicyclic) bond motifs is 2. The van der Waals surface area contributed by atoms with Crippen molar-refractivity contribution in [3.05, 3.63) is 0 Å². The summed E-state index contributed by atoms with van der Waals surface area (Å²) in [5, 5.41) is 20.5. The van der Waals surface area contributed by atoms with E-state index in [1.807, 2.05) is 12.1 Å². The van der Waals surface area contributed by atoms with E-state index in [0.29, 0.717) is 19.3 Å². The van der Waals surface area contributed by atoms with E-state index in [1.165, 1.54) is 6.92 Å². The number of nitrogens with zero attached hydrogens (tertiary/aromatic N) is 2. The number of nitriles is 2. The highest BCUT2D eigenvalue weighted by Crippen LogP contribution is 2.40. The van der Waals surface area contributed by atoms with Crippen molar-refractivity contribution in [2.75, 3.05) is 0 Å². The second-order valence-electron chi connectivity index (χ2n) is 5.53. The third-order valence-corrected chi connectivity index (χ3v) is 4.10. The Hall–Kier alpha value is -2.41. The zero-order chi connectivity index (χ0) is 15.6. The quantitative estimate of drug-likeness (QED) is 0.546. The topological polar surface area (TPSA) is 120 Å². The number of nitrogens with one attached hydrogen (secondary N) is 1. The Morgan fingerprint density at radius 3 is 1.95 bits per heavy atom. The van der Waals surface area contributed by atoms with Crippen molar-refractivity contribution in [2.45, 2.75) is 32.3 Å². The molecule has 0 aromatic heterocycles. The lowest BCUT2D eigenvalue weighted by atomic mass is 9.68. The minimum absolute atomic E-state index is 0.318. The minimum Gasteiger partial charge on any atom is -0.463 e. The number of hydrogen-bond donors (Lipinski definition) is 1. The zero-order valence-corrected chi connectivity index (χ0v) is 11.5. The molecule has 1 saturated carbocycles. The molecule has 0 aromatic rings. The van der Waals surface area contributed by atoms with Gasteiger partial charge < -0.3 is 4.74 Å². The average Bonchev–Trinajstić information content (AvgIpc) is 2.38. The lowest BCUT2D eigenvalue weighted by molar-refractivity contribution is -0.151. The number of amides is 2. The van der Waals surface area contributed by atoms with Gasteiger partial charge in [-0.1, -0.05) is 0 Å². The standard InChI is InChI=1S/C14H15N3O4/c1-7(18)21-10-3-8-2-9(4-10)12(6-16)14(20)17-13(19)11(8)5-15/h8-12H,2-4H2,1H3,(H,17,19,20). The van der Waals surface area contributed by atoms with Gasteiger partial charge in [0.1, 0.15) is 17.9 Å². The minimum atomic E-state index is -0.963. The fourth-order valence-electron chi connectivity index (χ4n) is 3.26. The van der Waals surface area contributed by atoms with Crippen molar-refractivity contribution in [1.29, 1.82) is 10.5 Å². The zero-order valence-electron chi connectivity index (χ0n) is 11.5. The first-order valence-electron chi connectivity index (χ1n) is 6.77. The second kappa shape index (κ2) is 5.92. The van der Waals surface area contributed by atoms with Gasteiger partial charge >= 0.3 is 5.97 Å². The van der Waals surface area contributed by atoms with Crippen LogP contribution in [0.5, 0.6) is 0 Å². The summed E-state index contributed by atoms with van der Waals surface area (Å²) in [6.07, 6.45) is 0.770. The number of esters is 1. The molecule has 4 unspecified atom stereocenters. The Labute approximate surface area is 121 Å². The molecule has 0 spiro atoms. The first kappa shape index (κ1) is 15.0. The van der Waals surface area contributed by atoms with E-state index in [0.717, 1.165) is 0 Å². The summed E-state index contributed by atoms with van der Waals surface area (Å²) >= 11 is 0. The van der Waals surface area contributed by atoms with Crippen LogP contribution in [-0.4, -0.2) is 23.9 Å². The number of hydrogen-bond acceptors (Lipinski definition) is 6. The van der Waals surface area contributed by atoms with Crippen LogP contribution in [0.3, 0.4) is 0 Å². The molecule has 0 radical (unpaired) electrons. The van der Waals surface area contributed by atoms with Crippen LogP contribution in [0, 0.1) is 46.3 Å². The molecule has 4 atom stereocenters. The highest BCUT2D eigenvalue weighted by Gasteiger charge is 2.45. The summed E-state index contributed by atoms with van der Waals surface area (Å²) in [5.74, 6) is -4.35. The van der Waals surface area contributed by atoms with Crippen LogP contribution < -0.4 is 5.32 Å². The molecular formula is C14H15N3O4. The van der Waals surface area contributed by atoms with E-state index in [9.17, 15) is 24.9 Å². The van der Waals surface area contributed by atoms with Gasteiger partial charge in [-0.2, -0.15) is 10.5 Å². The van der Waals surface area contributed by atoms with Gasteiger partial charge in [-0.3, -0.25) is 19.7 Å². The van der Waals surface area contributed by atoms with Crippen LogP contribution in [0.2, 0.25) is 0 Å². The summed E-state index contributed by atoms with van der Waals surface area (Å²) in [4.78, 5) is 35.0. The largest absolute Gasteiger partial charge is 0.463 e. The Bertz CT molecular complexity index is 520. The summed E-state index contributed by atoms with van der Waals surface area (Å²) in [6, 6.07) is 3.83. The van der Waals surface area contributed by atoms with Crippen molar-refractivity contribution in [1.82, 2.24) is 5.32 Å². The van der Waals surface area contributed by atoms with Crippen molar-refractivity contribution in [3.63, 3.8) is 0 Å². The third-order valence-electron chi connectivity index (χ3n) is 4.10. The molecule has 1 aliphatic heterocycles. The Morgan fingerprint density at radius 2 is 1.57 bits per heavy atom. The van der Waals surface area contributed by atoms with Crippen LogP contribution in [0.15, 0.2) is 0 Å². The Kier molecular flexibility index (Phi) is 4.23. The first-order chi connectivity index (χ1) is 9.96. The molecule has 0 aromatic carbocycles. The maximum atomic E-state index is 11.9. The predicted molar refractivity (Wildman–Crippen MR) is 67.7 cm³/mol. The lowest BCUT2D eigenvalue weighted by Gasteiger charge is -2.38. The fraction of sp³-hybridized carbons (Fsp3) is 0.643. The van der Waals surface area contributed by atoms with Gasteiger partial charge in [0.05, 0.1) is 12.1 Å². The smallest absolute Gasteiger partial charge is 0.302 e. The predicted octanol–water partition coefficient (Wildman–Crippen LogP) is 0.270. The summed E-state index contributed by atoms with van der Waals surface area (Å²) in [5.41, 5.74) is 0. The molecule has 2 amide bonds. The van der Waals surface area contributed by atoms with E-state index in [-0.39, 0.29) is 11.8 Å². The van der Waals surface area contributed by atoms with E-state index in [1.54, 1.807) is 0 Å². The Morgan fingerprint density at radius 1 is 1.10 bits per heavy atom. The van der Waals surface area contributed by atoms with Gasteiger partial charge in [-0.25, -0.2) is 0 Å². The van der Waals surface area contributed by atoms with Crippen LogP contribution >= 0.6 is 0 Å². The molecule has 2 aliphatic rings. The normalized spacial score (nSPS) is 35.5. The SMILES string of the molecule is CC(=O)OC1CC2CC(C1)C(C#N)C(=O)NC(=O)C2C#N. The first-order valence-corrected chi connectivity index (χ1v) is 6.77. The molecule has 1 heterocycles. The Balaban J connectivity index is 2.32. The molecule has 110 valence electrons. The van der Waals surface area contributed by atoms with Crippen molar-refractivity contribution >= 4 is 17.8 Å². The molecular weight excluding hydrogens is 274 g/mol. The van der Waals surface area contributed by atoms with Gasteiger partial charge in [0.15, 0.2) is 0 Å². The van der Waals surface area contributed by atoms with Crippen molar-refractivity contribution in [2.24, 2.45) is 23.7 Å².